The fourth-order valence-corrected chi connectivity index (χ4v) is 2.93. The summed E-state index contributed by atoms with van der Waals surface area (Å²) in [4.78, 5) is 11.7. The minimum Gasteiger partial charge on any atom is -0.372 e. The highest BCUT2D eigenvalue weighted by Crippen LogP contribution is 2.28. The highest BCUT2D eigenvalue weighted by molar-refractivity contribution is 5.67. The molecule has 0 saturated carbocycles. The van der Waals surface area contributed by atoms with Gasteiger partial charge < -0.3 is 14.6 Å². The van der Waals surface area contributed by atoms with Gasteiger partial charge in [0.25, 0.3) is 0 Å². The number of fused-ring (bicyclic) bond motifs is 1. The van der Waals surface area contributed by atoms with Crippen LogP contribution in [0.1, 0.15) is 32.6 Å². The third-order valence-corrected chi connectivity index (χ3v) is 3.98. The monoisotopic (exact) mass is 259 g/mol. The van der Waals surface area contributed by atoms with E-state index in [-0.39, 0.29) is 0 Å². The van der Waals surface area contributed by atoms with E-state index in [4.69, 9.17) is 4.98 Å². The van der Waals surface area contributed by atoms with Gasteiger partial charge in [0.1, 0.15) is 5.82 Å². The fraction of sp³-hybridized carbons (Fsp3) is 0.571. The second-order valence-electron chi connectivity index (χ2n) is 5.11. The van der Waals surface area contributed by atoms with Crippen LogP contribution >= 0.6 is 0 Å². The zero-order chi connectivity index (χ0) is 13.2. The van der Waals surface area contributed by atoms with E-state index in [9.17, 15) is 0 Å². The van der Waals surface area contributed by atoms with E-state index in [1.165, 1.54) is 25.7 Å². The minimum absolute atomic E-state index is 0.592. The predicted molar refractivity (Wildman–Crippen MR) is 77.8 cm³/mol. The number of hydrogen-bond donors (Lipinski definition) is 1. The standard InChI is InChI=1S/C14H21N5/c1-3-11-6-4-5-8-19(11)14-13-16-7-9-18(13)10-12(15-2)17-14/h7,9-11,15H,3-6,8H2,1-2H3. The van der Waals surface area contributed by atoms with Crippen molar-refractivity contribution >= 4 is 17.3 Å². The molecule has 1 aliphatic heterocycles. The maximum Gasteiger partial charge on any atom is 0.180 e. The van der Waals surface area contributed by atoms with Crippen molar-refractivity contribution in [2.45, 2.75) is 38.6 Å². The van der Waals surface area contributed by atoms with Gasteiger partial charge in [0.2, 0.25) is 0 Å². The Kier molecular flexibility index (Phi) is 3.27. The highest BCUT2D eigenvalue weighted by atomic mass is 15.3. The van der Waals surface area contributed by atoms with Gasteiger partial charge >= 0.3 is 0 Å². The number of nitrogens with one attached hydrogen (secondary N) is 1. The Hall–Kier alpha value is -1.78. The van der Waals surface area contributed by atoms with Crippen LogP contribution in [0.2, 0.25) is 0 Å². The lowest BCUT2D eigenvalue weighted by atomic mass is 10.0. The van der Waals surface area contributed by atoms with Crippen LogP contribution in [0.3, 0.4) is 0 Å². The molecule has 3 rings (SSSR count). The molecule has 1 fully saturated rings. The van der Waals surface area contributed by atoms with Crippen LogP contribution in [-0.2, 0) is 0 Å². The number of anilines is 2. The molecule has 0 aliphatic carbocycles. The molecule has 1 aliphatic rings. The molecule has 1 N–H and O–H groups in total. The molecule has 1 unspecified atom stereocenters. The van der Waals surface area contributed by atoms with E-state index < -0.39 is 0 Å². The molecule has 3 heterocycles. The smallest absolute Gasteiger partial charge is 0.180 e. The van der Waals surface area contributed by atoms with Gasteiger partial charge in [-0.05, 0) is 25.7 Å². The van der Waals surface area contributed by atoms with E-state index in [2.05, 4.69) is 26.5 Å². The average Bonchev–Trinajstić information content (AvgIpc) is 2.94. The van der Waals surface area contributed by atoms with Gasteiger partial charge in [-0.15, -0.1) is 0 Å². The first-order valence-corrected chi connectivity index (χ1v) is 7.11. The molecule has 1 atom stereocenters. The molecule has 0 aromatic carbocycles. The SMILES string of the molecule is CCC1CCCCN1c1nc(NC)cn2ccnc12. The van der Waals surface area contributed by atoms with Gasteiger partial charge in [0.05, 0.1) is 6.20 Å². The molecule has 0 bridgehead atoms. The number of rotatable bonds is 3. The number of aromatic nitrogens is 3. The zero-order valence-electron chi connectivity index (χ0n) is 11.6. The van der Waals surface area contributed by atoms with Gasteiger partial charge in [-0.1, -0.05) is 6.92 Å². The van der Waals surface area contributed by atoms with Crippen molar-refractivity contribution in [2.24, 2.45) is 0 Å². The Morgan fingerprint density at radius 3 is 3.11 bits per heavy atom. The summed E-state index contributed by atoms with van der Waals surface area (Å²) < 4.78 is 2.05. The summed E-state index contributed by atoms with van der Waals surface area (Å²) in [5, 5.41) is 3.13. The molecule has 102 valence electrons. The second kappa shape index (κ2) is 5.07. The van der Waals surface area contributed by atoms with E-state index in [1.807, 2.05) is 25.6 Å². The quantitative estimate of drug-likeness (QED) is 0.920. The lowest BCUT2D eigenvalue weighted by Gasteiger charge is -2.36. The lowest BCUT2D eigenvalue weighted by molar-refractivity contribution is 0.447. The van der Waals surface area contributed by atoms with Crippen LogP contribution in [0.5, 0.6) is 0 Å². The summed E-state index contributed by atoms with van der Waals surface area (Å²) >= 11 is 0. The molecular formula is C14H21N5. The lowest BCUT2D eigenvalue weighted by Crippen LogP contribution is -2.40. The third-order valence-electron chi connectivity index (χ3n) is 3.98. The van der Waals surface area contributed by atoms with E-state index in [0.717, 1.165) is 23.8 Å². The number of hydrogen-bond acceptors (Lipinski definition) is 4. The molecule has 19 heavy (non-hydrogen) atoms. The van der Waals surface area contributed by atoms with Crippen molar-refractivity contribution in [3.8, 4) is 0 Å². The van der Waals surface area contributed by atoms with Crippen molar-refractivity contribution in [2.75, 3.05) is 23.8 Å². The van der Waals surface area contributed by atoms with Gasteiger partial charge in [-0.2, -0.15) is 0 Å². The van der Waals surface area contributed by atoms with Crippen molar-refractivity contribution < 1.29 is 0 Å². The molecule has 0 radical (unpaired) electrons. The number of nitrogens with zero attached hydrogens (tertiary/aromatic N) is 4. The normalized spacial score (nSPS) is 19.9. The third kappa shape index (κ3) is 2.13. The summed E-state index contributed by atoms with van der Waals surface area (Å²) in [5.41, 5.74) is 0.958. The highest BCUT2D eigenvalue weighted by Gasteiger charge is 2.24. The van der Waals surface area contributed by atoms with Gasteiger partial charge in [-0.3, -0.25) is 0 Å². The first kappa shape index (κ1) is 12.3. The Labute approximate surface area is 113 Å². The average molecular weight is 259 g/mol. The predicted octanol–water partition coefficient (Wildman–Crippen LogP) is 2.54. The number of imidazole rings is 1. The van der Waals surface area contributed by atoms with Crippen molar-refractivity contribution in [3.63, 3.8) is 0 Å². The maximum absolute atomic E-state index is 4.74. The van der Waals surface area contributed by atoms with Crippen molar-refractivity contribution in [3.05, 3.63) is 18.6 Å². The summed E-state index contributed by atoms with van der Waals surface area (Å²) in [5.74, 6) is 1.91. The number of piperidine rings is 1. The van der Waals surface area contributed by atoms with Crippen LogP contribution in [0.4, 0.5) is 11.6 Å². The van der Waals surface area contributed by atoms with Crippen LogP contribution in [0, 0.1) is 0 Å². The Morgan fingerprint density at radius 2 is 2.32 bits per heavy atom. The zero-order valence-corrected chi connectivity index (χ0v) is 11.6. The molecule has 1 saturated heterocycles. The van der Waals surface area contributed by atoms with Crippen molar-refractivity contribution in [1.29, 1.82) is 0 Å². The second-order valence-corrected chi connectivity index (χ2v) is 5.11. The van der Waals surface area contributed by atoms with E-state index >= 15 is 0 Å². The molecule has 5 heteroatoms. The van der Waals surface area contributed by atoms with E-state index in [1.54, 1.807) is 0 Å². The maximum atomic E-state index is 4.74. The molecule has 2 aromatic heterocycles. The molecule has 0 amide bonds. The Balaban J connectivity index is 2.08. The molecule has 5 nitrogen and oxygen atoms in total. The van der Waals surface area contributed by atoms with Crippen LogP contribution < -0.4 is 10.2 Å². The van der Waals surface area contributed by atoms with Crippen LogP contribution in [0.25, 0.3) is 5.65 Å². The first-order valence-electron chi connectivity index (χ1n) is 7.11. The van der Waals surface area contributed by atoms with Crippen LogP contribution in [0.15, 0.2) is 18.6 Å². The largest absolute Gasteiger partial charge is 0.372 e. The van der Waals surface area contributed by atoms with Gasteiger partial charge in [0.15, 0.2) is 11.5 Å². The summed E-state index contributed by atoms with van der Waals surface area (Å²) in [6.07, 6.45) is 10.8. The van der Waals surface area contributed by atoms with Crippen molar-refractivity contribution in [1.82, 2.24) is 14.4 Å². The Morgan fingerprint density at radius 1 is 1.42 bits per heavy atom. The molecule has 2 aromatic rings. The molecular weight excluding hydrogens is 238 g/mol. The molecule has 0 spiro atoms. The summed E-state index contributed by atoms with van der Waals surface area (Å²) in [7, 11) is 1.91. The first-order chi connectivity index (χ1) is 9.33. The summed E-state index contributed by atoms with van der Waals surface area (Å²) in [6, 6.07) is 0.592. The topological polar surface area (TPSA) is 45.5 Å². The van der Waals surface area contributed by atoms with Gasteiger partial charge in [0, 0.05) is 32.0 Å². The van der Waals surface area contributed by atoms with Gasteiger partial charge in [-0.25, -0.2) is 9.97 Å². The van der Waals surface area contributed by atoms with Crippen LogP contribution in [-0.4, -0.2) is 34.0 Å². The Bertz CT molecular complexity index is 562. The fourth-order valence-electron chi connectivity index (χ4n) is 2.93. The van der Waals surface area contributed by atoms with E-state index in [0.29, 0.717) is 6.04 Å². The minimum atomic E-state index is 0.592. The summed E-state index contributed by atoms with van der Waals surface area (Å²) in [6.45, 7) is 3.34.